The Labute approximate surface area is 146 Å². The predicted octanol–water partition coefficient (Wildman–Crippen LogP) is 2.46. The van der Waals surface area contributed by atoms with Crippen molar-refractivity contribution in [3.05, 3.63) is 24.3 Å². The quantitative estimate of drug-likeness (QED) is 0.890. The standard InChI is InChI=1S/C20H31N3O/c1-17(22-13-5-2-3-6-14-22)20(24)21-18-9-11-19(12-10-18)23-15-7-4-8-16-23/h9-12,17H,2-8,13-16H2,1H3,(H,21,24)/p+1/t17-/m0/s1. The zero-order valence-electron chi connectivity index (χ0n) is 15.0. The lowest BCUT2D eigenvalue weighted by molar-refractivity contribution is -0.913. The molecule has 0 aromatic heterocycles. The number of carbonyl (C=O) groups excluding carboxylic acids is 1. The number of likely N-dealkylation sites (tertiary alicyclic amines) is 1. The molecule has 2 fully saturated rings. The van der Waals surface area contributed by atoms with E-state index in [1.54, 1.807) is 0 Å². The third-order valence-corrected chi connectivity index (χ3v) is 5.61. The van der Waals surface area contributed by atoms with Gasteiger partial charge in [-0.15, -0.1) is 0 Å². The molecule has 0 spiro atoms. The van der Waals surface area contributed by atoms with E-state index in [1.165, 1.54) is 55.5 Å². The lowest BCUT2D eigenvalue weighted by Crippen LogP contribution is -3.16. The van der Waals surface area contributed by atoms with Gasteiger partial charge < -0.3 is 15.1 Å². The maximum absolute atomic E-state index is 12.6. The SMILES string of the molecule is C[C@@H](C(=O)Nc1ccc(N2CCCCC2)cc1)[NH+]1CCCCCC1. The van der Waals surface area contributed by atoms with Crippen molar-refractivity contribution < 1.29 is 9.69 Å². The van der Waals surface area contributed by atoms with Crippen LogP contribution in [0.1, 0.15) is 51.9 Å². The van der Waals surface area contributed by atoms with E-state index in [1.807, 2.05) is 12.1 Å². The van der Waals surface area contributed by atoms with E-state index < -0.39 is 0 Å². The van der Waals surface area contributed by atoms with Gasteiger partial charge in [-0.2, -0.15) is 0 Å². The minimum absolute atomic E-state index is 0.0323. The molecule has 2 aliphatic rings. The van der Waals surface area contributed by atoms with E-state index in [0.717, 1.165) is 31.9 Å². The zero-order chi connectivity index (χ0) is 16.8. The van der Waals surface area contributed by atoms with Gasteiger partial charge in [-0.3, -0.25) is 4.79 Å². The molecular formula is C20H32N3O+. The lowest BCUT2D eigenvalue weighted by Gasteiger charge is -2.29. The maximum Gasteiger partial charge on any atom is 0.282 e. The van der Waals surface area contributed by atoms with Gasteiger partial charge in [-0.1, -0.05) is 0 Å². The first-order valence-electron chi connectivity index (χ1n) is 9.74. The zero-order valence-corrected chi connectivity index (χ0v) is 15.0. The number of amides is 1. The van der Waals surface area contributed by atoms with Crippen molar-refractivity contribution in [1.29, 1.82) is 0 Å². The number of hydrogen-bond acceptors (Lipinski definition) is 2. The third-order valence-electron chi connectivity index (χ3n) is 5.61. The van der Waals surface area contributed by atoms with Gasteiger partial charge >= 0.3 is 0 Å². The van der Waals surface area contributed by atoms with Crippen molar-refractivity contribution in [2.45, 2.75) is 57.9 Å². The minimum atomic E-state index is 0.0323. The van der Waals surface area contributed by atoms with Crippen molar-refractivity contribution in [3.63, 3.8) is 0 Å². The molecule has 2 N–H and O–H groups in total. The van der Waals surface area contributed by atoms with Crippen LogP contribution in [-0.2, 0) is 4.79 Å². The molecule has 3 rings (SSSR count). The van der Waals surface area contributed by atoms with Crippen molar-refractivity contribution in [2.24, 2.45) is 0 Å². The Balaban J connectivity index is 1.55. The van der Waals surface area contributed by atoms with Crippen LogP contribution in [0.5, 0.6) is 0 Å². The second kappa shape index (κ2) is 8.52. The lowest BCUT2D eigenvalue weighted by atomic mass is 10.1. The van der Waals surface area contributed by atoms with E-state index >= 15 is 0 Å². The minimum Gasteiger partial charge on any atom is -0.372 e. The van der Waals surface area contributed by atoms with E-state index in [2.05, 4.69) is 29.3 Å². The molecular weight excluding hydrogens is 298 g/mol. The highest BCUT2D eigenvalue weighted by Gasteiger charge is 2.25. The molecule has 1 atom stereocenters. The van der Waals surface area contributed by atoms with Gasteiger partial charge in [0.2, 0.25) is 0 Å². The summed E-state index contributed by atoms with van der Waals surface area (Å²) in [6.45, 7) is 6.63. The van der Waals surface area contributed by atoms with Crippen LogP contribution in [0.15, 0.2) is 24.3 Å². The first kappa shape index (κ1) is 17.3. The largest absolute Gasteiger partial charge is 0.372 e. The van der Waals surface area contributed by atoms with E-state index in [9.17, 15) is 4.79 Å². The molecule has 1 aromatic rings. The highest BCUT2D eigenvalue weighted by molar-refractivity contribution is 5.93. The van der Waals surface area contributed by atoms with Crippen LogP contribution in [0.25, 0.3) is 0 Å². The van der Waals surface area contributed by atoms with Gasteiger partial charge in [0.05, 0.1) is 13.1 Å². The van der Waals surface area contributed by atoms with Crippen LogP contribution < -0.4 is 15.1 Å². The first-order valence-corrected chi connectivity index (χ1v) is 9.74. The molecule has 2 aliphatic heterocycles. The van der Waals surface area contributed by atoms with Gasteiger partial charge in [0, 0.05) is 24.5 Å². The van der Waals surface area contributed by atoms with Gasteiger partial charge in [0.1, 0.15) is 0 Å². The van der Waals surface area contributed by atoms with Crippen molar-refractivity contribution in [2.75, 3.05) is 36.4 Å². The van der Waals surface area contributed by atoms with Gasteiger partial charge in [-0.05, 0) is 76.1 Å². The Hall–Kier alpha value is -1.55. The van der Waals surface area contributed by atoms with Crippen LogP contribution in [-0.4, -0.2) is 38.1 Å². The Bertz CT molecular complexity index is 514. The smallest absolute Gasteiger partial charge is 0.282 e. The van der Waals surface area contributed by atoms with Crippen molar-refractivity contribution >= 4 is 17.3 Å². The van der Waals surface area contributed by atoms with Crippen LogP contribution in [0.3, 0.4) is 0 Å². The van der Waals surface area contributed by atoms with Gasteiger partial charge in [0.25, 0.3) is 5.91 Å². The Morgan fingerprint density at radius 3 is 2.17 bits per heavy atom. The summed E-state index contributed by atoms with van der Waals surface area (Å²) in [4.78, 5) is 16.5. The second-order valence-electron chi connectivity index (χ2n) is 7.38. The monoisotopic (exact) mass is 330 g/mol. The molecule has 2 saturated heterocycles. The normalized spacial score (nSPS) is 21.1. The summed E-state index contributed by atoms with van der Waals surface area (Å²) in [6.07, 6.45) is 9.05. The fourth-order valence-corrected chi connectivity index (χ4v) is 3.96. The summed E-state index contributed by atoms with van der Waals surface area (Å²) in [6, 6.07) is 8.41. The van der Waals surface area contributed by atoms with Crippen LogP contribution >= 0.6 is 0 Å². The fourth-order valence-electron chi connectivity index (χ4n) is 3.96. The average Bonchev–Trinajstić information content (AvgIpc) is 2.92. The average molecular weight is 330 g/mol. The Kier molecular flexibility index (Phi) is 6.13. The number of benzene rings is 1. The Morgan fingerprint density at radius 1 is 0.958 bits per heavy atom. The van der Waals surface area contributed by atoms with Crippen LogP contribution in [0.4, 0.5) is 11.4 Å². The summed E-state index contributed by atoms with van der Waals surface area (Å²) in [5, 5.41) is 3.11. The number of hydrogen-bond donors (Lipinski definition) is 2. The van der Waals surface area contributed by atoms with Crippen LogP contribution in [0, 0.1) is 0 Å². The number of anilines is 2. The van der Waals surface area contributed by atoms with Crippen molar-refractivity contribution in [3.8, 4) is 0 Å². The van der Waals surface area contributed by atoms with Crippen molar-refractivity contribution in [1.82, 2.24) is 0 Å². The highest BCUT2D eigenvalue weighted by atomic mass is 16.2. The number of carbonyl (C=O) groups is 1. The molecule has 0 saturated carbocycles. The second-order valence-corrected chi connectivity index (χ2v) is 7.38. The number of nitrogens with zero attached hydrogens (tertiary/aromatic N) is 1. The van der Waals surface area contributed by atoms with Gasteiger partial charge in [0.15, 0.2) is 6.04 Å². The topological polar surface area (TPSA) is 36.8 Å². The van der Waals surface area contributed by atoms with Gasteiger partial charge in [-0.25, -0.2) is 0 Å². The molecule has 0 aliphatic carbocycles. The molecule has 24 heavy (non-hydrogen) atoms. The number of quaternary nitrogens is 1. The number of piperidine rings is 1. The predicted molar refractivity (Wildman–Crippen MR) is 99.8 cm³/mol. The number of nitrogens with one attached hydrogen (secondary N) is 2. The molecule has 0 bridgehead atoms. The Morgan fingerprint density at radius 2 is 1.54 bits per heavy atom. The van der Waals surface area contributed by atoms with E-state index in [-0.39, 0.29) is 11.9 Å². The molecule has 1 aromatic carbocycles. The number of rotatable bonds is 4. The molecule has 132 valence electrons. The molecule has 1 amide bonds. The third kappa shape index (κ3) is 4.50. The highest BCUT2D eigenvalue weighted by Crippen LogP contribution is 2.21. The first-order chi connectivity index (χ1) is 11.7. The maximum atomic E-state index is 12.6. The molecule has 0 unspecified atom stereocenters. The molecule has 2 heterocycles. The van der Waals surface area contributed by atoms with E-state index in [0.29, 0.717) is 0 Å². The fraction of sp³-hybridized carbons (Fsp3) is 0.650. The molecule has 4 heteroatoms. The molecule has 4 nitrogen and oxygen atoms in total. The summed E-state index contributed by atoms with van der Waals surface area (Å²) >= 11 is 0. The summed E-state index contributed by atoms with van der Waals surface area (Å²) in [5.74, 6) is 0.151. The summed E-state index contributed by atoms with van der Waals surface area (Å²) < 4.78 is 0. The molecule has 0 radical (unpaired) electrons. The van der Waals surface area contributed by atoms with E-state index in [4.69, 9.17) is 0 Å². The van der Waals surface area contributed by atoms with Crippen LogP contribution in [0.2, 0.25) is 0 Å². The summed E-state index contributed by atoms with van der Waals surface area (Å²) in [7, 11) is 0. The summed E-state index contributed by atoms with van der Waals surface area (Å²) in [5.41, 5.74) is 2.20.